The number of non-ortho nitro benzene ring substituents is 1. The summed E-state index contributed by atoms with van der Waals surface area (Å²) in [5, 5.41) is 22.4. The second kappa shape index (κ2) is 8.12. The third kappa shape index (κ3) is 3.83. The summed E-state index contributed by atoms with van der Waals surface area (Å²) in [4.78, 5) is 38.1. The maximum atomic E-state index is 13.3. The molecule has 0 spiro atoms. The molecular weight excluding hydrogens is 396 g/mol. The highest BCUT2D eigenvalue weighted by molar-refractivity contribution is 6.10. The van der Waals surface area contributed by atoms with Crippen LogP contribution in [0.4, 0.5) is 11.4 Å². The number of rotatable bonds is 7. The van der Waals surface area contributed by atoms with Gasteiger partial charge in [0.25, 0.3) is 11.6 Å². The van der Waals surface area contributed by atoms with Gasteiger partial charge in [-0.25, -0.2) is 0 Å². The van der Waals surface area contributed by atoms with E-state index in [2.05, 4.69) is 0 Å². The summed E-state index contributed by atoms with van der Waals surface area (Å²) >= 11 is 0. The SMILES string of the molecule is O=C(C[C@]1(O)C(=O)N(CCc2ccccc2)c2ccccc21)c1cccc([N+](=O)[O-])c1. The molecule has 0 fully saturated rings. The number of fused-ring (bicyclic) bond motifs is 1. The fourth-order valence-corrected chi connectivity index (χ4v) is 3.91. The van der Waals surface area contributed by atoms with Crippen LogP contribution in [-0.4, -0.2) is 28.3 Å². The van der Waals surface area contributed by atoms with Crippen LogP contribution in [0, 0.1) is 10.1 Å². The molecule has 0 aromatic heterocycles. The average Bonchev–Trinajstić information content (AvgIpc) is 3.00. The molecule has 0 unspecified atom stereocenters. The first-order chi connectivity index (χ1) is 14.9. The highest BCUT2D eigenvalue weighted by Gasteiger charge is 2.50. The third-order valence-electron chi connectivity index (χ3n) is 5.50. The lowest BCUT2D eigenvalue weighted by Crippen LogP contribution is -2.42. The molecule has 0 saturated heterocycles. The van der Waals surface area contributed by atoms with E-state index in [1.165, 1.54) is 23.1 Å². The number of nitro benzene ring substituents is 1. The van der Waals surface area contributed by atoms with Crippen LogP contribution in [0.1, 0.15) is 27.9 Å². The Morgan fingerprint density at radius 2 is 1.71 bits per heavy atom. The largest absolute Gasteiger partial charge is 0.375 e. The van der Waals surface area contributed by atoms with Crippen molar-refractivity contribution in [2.24, 2.45) is 0 Å². The van der Waals surface area contributed by atoms with Crippen LogP contribution in [0.2, 0.25) is 0 Å². The maximum Gasteiger partial charge on any atom is 0.270 e. The second-order valence-corrected chi connectivity index (χ2v) is 7.48. The summed E-state index contributed by atoms with van der Waals surface area (Å²) in [5.74, 6) is -1.11. The Hall–Kier alpha value is -3.84. The number of ketones is 1. The van der Waals surface area contributed by atoms with E-state index in [4.69, 9.17) is 0 Å². The highest BCUT2D eigenvalue weighted by atomic mass is 16.6. The van der Waals surface area contributed by atoms with E-state index in [9.17, 15) is 24.8 Å². The van der Waals surface area contributed by atoms with Gasteiger partial charge in [-0.15, -0.1) is 0 Å². The monoisotopic (exact) mass is 416 g/mol. The number of aliphatic hydroxyl groups is 1. The average molecular weight is 416 g/mol. The van der Waals surface area contributed by atoms with E-state index in [0.29, 0.717) is 24.2 Å². The molecule has 1 aliphatic rings. The summed E-state index contributed by atoms with van der Waals surface area (Å²) in [6, 6.07) is 21.8. The molecule has 1 aliphatic heterocycles. The molecule has 7 heteroatoms. The molecule has 0 radical (unpaired) electrons. The number of carbonyl (C=O) groups excluding carboxylic acids is 2. The zero-order valence-corrected chi connectivity index (χ0v) is 16.6. The number of nitro groups is 1. The number of carbonyl (C=O) groups is 2. The Bertz CT molecular complexity index is 1160. The zero-order valence-electron chi connectivity index (χ0n) is 16.6. The molecule has 1 atom stereocenters. The van der Waals surface area contributed by atoms with Crippen LogP contribution in [0.5, 0.6) is 0 Å². The van der Waals surface area contributed by atoms with E-state index in [0.717, 1.165) is 11.6 Å². The minimum Gasteiger partial charge on any atom is -0.375 e. The number of nitrogens with zero attached hydrogens (tertiary/aromatic N) is 2. The predicted octanol–water partition coefficient (Wildman–Crippen LogP) is 3.64. The molecule has 1 N–H and O–H groups in total. The van der Waals surface area contributed by atoms with Gasteiger partial charge in [0.05, 0.1) is 17.0 Å². The maximum absolute atomic E-state index is 13.3. The zero-order chi connectivity index (χ0) is 22.0. The highest BCUT2D eigenvalue weighted by Crippen LogP contribution is 2.43. The van der Waals surface area contributed by atoms with E-state index in [-0.39, 0.29) is 11.3 Å². The van der Waals surface area contributed by atoms with Crippen molar-refractivity contribution in [2.45, 2.75) is 18.4 Å². The Kier molecular flexibility index (Phi) is 5.35. The van der Waals surface area contributed by atoms with Crippen LogP contribution in [0.3, 0.4) is 0 Å². The minimum atomic E-state index is -2.02. The van der Waals surface area contributed by atoms with Crippen molar-refractivity contribution in [3.8, 4) is 0 Å². The summed E-state index contributed by atoms with van der Waals surface area (Å²) in [5.41, 5.74) is -0.175. The van der Waals surface area contributed by atoms with Gasteiger partial charge in [-0.05, 0) is 18.1 Å². The molecule has 0 aliphatic carbocycles. The Morgan fingerprint density at radius 1 is 1.00 bits per heavy atom. The van der Waals surface area contributed by atoms with Gasteiger partial charge in [0.15, 0.2) is 11.4 Å². The van der Waals surface area contributed by atoms with Gasteiger partial charge in [-0.2, -0.15) is 0 Å². The Labute approximate surface area is 178 Å². The first-order valence-corrected chi connectivity index (χ1v) is 9.85. The first kappa shape index (κ1) is 20.4. The Morgan fingerprint density at radius 3 is 2.45 bits per heavy atom. The number of anilines is 1. The third-order valence-corrected chi connectivity index (χ3v) is 5.50. The van der Waals surface area contributed by atoms with Crippen molar-refractivity contribution in [3.63, 3.8) is 0 Å². The molecule has 31 heavy (non-hydrogen) atoms. The molecule has 0 saturated carbocycles. The first-order valence-electron chi connectivity index (χ1n) is 9.85. The lowest BCUT2D eigenvalue weighted by atomic mass is 9.88. The van der Waals surface area contributed by atoms with Gasteiger partial charge in [0.1, 0.15) is 0 Å². The van der Waals surface area contributed by atoms with E-state index >= 15 is 0 Å². The quantitative estimate of drug-likeness (QED) is 0.360. The molecule has 1 amide bonds. The normalized spacial score (nSPS) is 17.5. The van der Waals surface area contributed by atoms with Crippen molar-refractivity contribution in [1.82, 2.24) is 0 Å². The van der Waals surface area contributed by atoms with Crippen molar-refractivity contribution in [3.05, 3.63) is 106 Å². The van der Waals surface area contributed by atoms with Gasteiger partial charge in [0, 0.05) is 29.8 Å². The fourth-order valence-electron chi connectivity index (χ4n) is 3.91. The van der Waals surface area contributed by atoms with Gasteiger partial charge < -0.3 is 10.0 Å². The van der Waals surface area contributed by atoms with E-state index < -0.39 is 28.6 Å². The minimum absolute atomic E-state index is 0.0793. The molecule has 156 valence electrons. The smallest absolute Gasteiger partial charge is 0.270 e. The van der Waals surface area contributed by atoms with E-state index in [1.54, 1.807) is 24.3 Å². The Balaban J connectivity index is 1.61. The molecule has 4 rings (SSSR count). The summed E-state index contributed by atoms with van der Waals surface area (Å²) in [6.45, 7) is 0.354. The van der Waals surface area contributed by atoms with Crippen LogP contribution in [0.15, 0.2) is 78.9 Å². The summed E-state index contributed by atoms with van der Waals surface area (Å²) in [7, 11) is 0. The van der Waals surface area contributed by atoms with Gasteiger partial charge in [-0.1, -0.05) is 60.7 Å². The number of amides is 1. The van der Waals surface area contributed by atoms with Crippen molar-refractivity contribution in [2.75, 3.05) is 11.4 Å². The number of para-hydroxylation sites is 1. The number of Topliss-reactive ketones (excluding diaryl/α,β-unsaturated/α-hetero) is 1. The van der Waals surface area contributed by atoms with Crippen molar-refractivity contribution < 1.29 is 19.6 Å². The molecule has 7 nitrogen and oxygen atoms in total. The lowest BCUT2D eigenvalue weighted by Gasteiger charge is -2.23. The molecule has 0 bridgehead atoms. The number of benzene rings is 3. The van der Waals surface area contributed by atoms with Gasteiger partial charge in [-0.3, -0.25) is 19.7 Å². The summed E-state index contributed by atoms with van der Waals surface area (Å²) < 4.78 is 0. The number of hydrogen-bond acceptors (Lipinski definition) is 5. The molecular formula is C24H20N2O5. The molecule has 1 heterocycles. The van der Waals surface area contributed by atoms with Crippen LogP contribution >= 0.6 is 0 Å². The summed E-state index contributed by atoms with van der Waals surface area (Å²) in [6.07, 6.45) is 0.0989. The van der Waals surface area contributed by atoms with Crippen molar-refractivity contribution in [1.29, 1.82) is 0 Å². The number of hydrogen-bond donors (Lipinski definition) is 1. The topological polar surface area (TPSA) is 101 Å². The second-order valence-electron chi connectivity index (χ2n) is 7.48. The predicted molar refractivity (Wildman–Crippen MR) is 115 cm³/mol. The van der Waals surface area contributed by atoms with Crippen LogP contribution in [0.25, 0.3) is 0 Å². The van der Waals surface area contributed by atoms with Crippen LogP contribution < -0.4 is 4.90 Å². The van der Waals surface area contributed by atoms with Gasteiger partial charge >= 0.3 is 0 Å². The molecule has 3 aromatic rings. The van der Waals surface area contributed by atoms with Crippen LogP contribution in [-0.2, 0) is 16.8 Å². The fraction of sp³-hybridized carbons (Fsp3) is 0.167. The molecule has 3 aromatic carbocycles. The van der Waals surface area contributed by atoms with E-state index in [1.807, 2.05) is 30.3 Å². The van der Waals surface area contributed by atoms with Crippen molar-refractivity contribution >= 4 is 23.1 Å². The standard InChI is InChI=1S/C24H20N2O5/c27-22(18-9-6-10-19(15-18)26(30)31)16-24(29)20-11-4-5-12-21(20)25(23(24)28)14-13-17-7-2-1-3-8-17/h1-12,15,29H,13-14,16H2/t24-/m1/s1. The van der Waals surface area contributed by atoms with Gasteiger partial charge in [0.2, 0.25) is 0 Å². The lowest BCUT2D eigenvalue weighted by molar-refractivity contribution is -0.384.